The second kappa shape index (κ2) is 8.49. The molecule has 0 amide bonds. The van der Waals surface area contributed by atoms with E-state index in [0.29, 0.717) is 12.2 Å². The van der Waals surface area contributed by atoms with Crippen LogP contribution in [0.3, 0.4) is 0 Å². The van der Waals surface area contributed by atoms with Crippen LogP contribution < -0.4 is 10.3 Å². The van der Waals surface area contributed by atoms with E-state index in [4.69, 9.17) is 0 Å². The van der Waals surface area contributed by atoms with E-state index in [0.717, 1.165) is 17.0 Å². The van der Waals surface area contributed by atoms with Crippen molar-refractivity contribution in [1.29, 1.82) is 0 Å². The van der Waals surface area contributed by atoms with Crippen LogP contribution in [0.15, 0.2) is 53.3 Å². The zero-order valence-corrected chi connectivity index (χ0v) is 16.7. The first-order valence-electron chi connectivity index (χ1n) is 8.97. The maximum atomic E-state index is 12.2. The minimum Gasteiger partial charge on any atom is -0.268 e. The van der Waals surface area contributed by atoms with Crippen LogP contribution in [-0.4, -0.2) is 40.3 Å². The molecule has 0 atom stereocenters. The van der Waals surface area contributed by atoms with Crippen molar-refractivity contribution < 1.29 is 8.42 Å². The van der Waals surface area contributed by atoms with Crippen molar-refractivity contribution in [1.82, 2.24) is 24.3 Å². The molecule has 2 heterocycles. The maximum absolute atomic E-state index is 12.2. The van der Waals surface area contributed by atoms with Crippen molar-refractivity contribution >= 4 is 10.0 Å². The molecule has 0 unspecified atom stereocenters. The van der Waals surface area contributed by atoms with Crippen LogP contribution in [0.2, 0.25) is 0 Å². The van der Waals surface area contributed by atoms with Crippen molar-refractivity contribution in [3.8, 4) is 5.82 Å². The fraction of sp³-hybridized carbons (Fsp3) is 0.316. The predicted molar refractivity (Wildman–Crippen MR) is 107 cm³/mol. The van der Waals surface area contributed by atoms with E-state index < -0.39 is 10.0 Å². The first-order chi connectivity index (χ1) is 13.3. The van der Waals surface area contributed by atoms with Crippen molar-refractivity contribution in [3.05, 3.63) is 75.8 Å². The molecule has 0 saturated carbocycles. The van der Waals surface area contributed by atoms with Crippen LogP contribution in [0.5, 0.6) is 0 Å². The minimum atomic E-state index is -3.44. The Bertz CT molecular complexity index is 1100. The van der Waals surface area contributed by atoms with Gasteiger partial charge in [0.05, 0.1) is 18.0 Å². The largest absolute Gasteiger partial charge is 0.268 e. The normalized spacial score (nSPS) is 11.6. The lowest BCUT2D eigenvalue weighted by molar-refractivity contribution is 0.541. The highest BCUT2D eigenvalue weighted by molar-refractivity contribution is 7.89. The topological polar surface area (TPSA) is 98.9 Å². The first-order valence-corrected chi connectivity index (χ1v) is 10.6. The van der Waals surface area contributed by atoms with Gasteiger partial charge >= 0.3 is 0 Å². The zero-order valence-electron chi connectivity index (χ0n) is 15.9. The Kier molecular flexibility index (Phi) is 6.05. The van der Waals surface area contributed by atoms with Crippen molar-refractivity contribution in [2.75, 3.05) is 12.3 Å². The quantitative estimate of drug-likeness (QED) is 0.612. The summed E-state index contributed by atoms with van der Waals surface area (Å²) in [6.45, 7) is 4.00. The Morgan fingerprint density at radius 3 is 2.46 bits per heavy atom. The molecule has 0 spiro atoms. The van der Waals surface area contributed by atoms with Gasteiger partial charge in [0.1, 0.15) is 0 Å². The molecule has 2 aromatic heterocycles. The van der Waals surface area contributed by atoms with Gasteiger partial charge in [-0.25, -0.2) is 22.5 Å². The summed E-state index contributed by atoms with van der Waals surface area (Å²) in [5.41, 5.74) is 2.41. The van der Waals surface area contributed by atoms with Crippen molar-refractivity contribution in [2.45, 2.75) is 26.8 Å². The van der Waals surface area contributed by atoms with Gasteiger partial charge in [-0.1, -0.05) is 30.3 Å². The smallest absolute Gasteiger partial charge is 0.266 e. The van der Waals surface area contributed by atoms with Gasteiger partial charge in [0.15, 0.2) is 5.82 Å². The van der Waals surface area contributed by atoms with E-state index >= 15 is 0 Å². The molecule has 0 radical (unpaired) electrons. The highest BCUT2D eigenvalue weighted by atomic mass is 32.2. The summed E-state index contributed by atoms with van der Waals surface area (Å²) < 4.78 is 29.8. The summed E-state index contributed by atoms with van der Waals surface area (Å²) in [6, 6.07) is 14.4. The number of nitrogens with zero attached hydrogens (tertiary/aromatic N) is 4. The third-order valence-corrected chi connectivity index (χ3v) is 5.61. The second-order valence-electron chi connectivity index (χ2n) is 6.54. The number of aryl methyl sites for hydroxylation is 3. The van der Waals surface area contributed by atoms with Crippen molar-refractivity contribution in [2.24, 2.45) is 0 Å². The Balaban J connectivity index is 1.62. The Morgan fingerprint density at radius 1 is 1.04 bits per heavy atom. The van der Waals surface area contributed by atoms with Gasteiger partial charge < -0.3 is 0 Å². The van der Waals surface area contributed by atoms with Crippen LogP contribution in [0.4, 0.5) is 0 Å². The highest BCUT2D eigenvalue weighted by Gasteiger charge is 2.11. The fourth-order valence-electron chi connectivity index (χ4n) is 2.85. The molecule has 3 aromatic rings. The van der Waals surface area contributed by atoms with Crippen LogP contribution in [0, 0.1) is 13.8 Å². The maximum Gasteiger partial charge on any atom is 0.266 e. The van der Waals surface area contributed by atoms with Crippen LogP contribution in [-0.2, 0) is 23.0 Å². The van der Waals surface area contributed by atoms with E-state index in [1.165, 1.54) is 10.7 Å². The molecular formula is C19H23N5O3S. The van der Waals surface area contributed by atoms with Gasteiger partial charge in [-0.15, -0.1) is 5.10 Å². The Hall–Kier alpha value is -2.78. The minimum absolute atomic E-state index is 0.00879. The number of hydrogen-bond donors (Lipinski definition) is 1. The lowest BCUT2D eigenvalue weighted by atomic mass is 10.2. The molecule has 1 N–H and O–H groups in total. The van der Waals surface area contributed by atoms with Gasteiger partial charge in [0, 0.05) is 18.3 Å². The lowest BCUT2D eigenvalue weighted by Crippen LogP contribution is -2.34. The van der Waals surface area contributed by atoms with Gasteiger partial charge in [0.25, 0.3) is 5.56 Å². The summed E-state index contributed by atoms with van der Waals surface area (Å²) >= 11 is 0. The SMILES string of the molecule is Cc1cc(C)n(-c2ccc(=O)n(CCNS(=O)(=O)CCc3ccccc3)n2)n1. The summed E-state index contributed by atoms with van der Waals surface area (Å²) in [5.74, 6) is 0.502. The van der Waals surface area contributed by atoms with Crippen LogP contribution in [0.1, 0.15) is 17.0 Å². The number of rotatable bonds is 8. The van der Waals surface area contributed by atoms with E-state index in [1.54, 1.807) is 10.7 Å². The molecule has 148 valence electrons. The third kappa shape index (κ3) is 5.14. The monoisotopic (exact) mass is 401 g/mol. The lowest BCUT2D eigenvalue weighted by Gasteiger charge is -2.10. The number of benzene rings is 1. The third-order valence-electron chi connectivity index (χ3n) is 4.23. The molecule has 9 heteroatoms. The Morgan fingerprint density at radius 2 is 1.79 bits per heavy atom. The zero-order chi connectivity index (χ0) is 20.1. The van der Waals surface area contributed by atoms with Gasteiger partial charge in [0.2, 0.25) is 10.0 Å². The standard InChI is InChI=1S/C19H23N5O3S/c1-15-14-16(2)24(21-15)18-8-9-19(25)23(22-18)12-11-20-28(26,27)13-10-17-6-4-3-5-7-17/h3-9,14,20H,10-13H2,1-2H3. The molecule has 0 aliphatic heterocycles. The summed E-state index contributed by atoms with van der Waals surface area (Å²) in [4.78, 5) is 12.1. The summed E-state index contributed by atoms with van der Waals surface area (Å²) in [7, 11) is -3.44. The number of sulfonamides is 1. The average molecular weight is 401 g/mol. The molecule has 0 fully saturated rings. The van der Waals surface area contributed by atoms with Crippen molar-refractivity contribution in [3.63, 3.8) is 0 Å². The molecule has 3 rings (SSSR count). The molecule has 0 bridgehead atoms. The van der Waals surface area contributed by atoms with E-state index in [2.05, 4.69) is 14.9 Å². The van der Waals surface area contributed by atoms with Crippen LogP contribution in [0.25, 0.3) is 5.82 Å². The van der Waals surface area contributed by atoms with Crippen LogP contribution >= 0.6 is 0 Å². The number of nitrogens with one attached hydrogen (secondary N) is 1. The summed E-state index contributed by atoms with van der Waals surface area (Å²) in [5, 5.41) is 8.65. The van der Waals surface area contributed by atoms with E-state index in [9.17, 15) is 13.2 Å². The van der Waals surface area contributed by atoms with Gasteiger partial charge in [-0.05, 0) is 38.0 Å². The predicted octanol–water partition coefficient (Wildman–Crippen LogP) is 1.21. The molecule has 28 heavy (non-hydrogen) atoms. The second-order valence-corrected chi connectivity index (χ2v) is 8.47. The van der Waals surface area contributed by atoms with E-state index in [-0.39, 0.29) is 24.4 Å². The van der Waals surface area contributed by atoms with Gasteiger partial charge in [-0.3, -0.25) is 4.79 Å². The number of hydrogen-bond acceptors (Lipinski definition) is 5. The number of aromatic nitrogens is 4. The van der Waals surface area contributed by atoms with E-state index in [1.807, 2.05) is 50.2 Å². The molecule has 0 aliphatic carbocycles. The first kappa shape index (κ1) is 20.0. The van der Waals surface area contributed by atoms with Gasteiger partial charge in [-0.2, -0.15) is 5.10 Å². The summed E-state index contributed by atoms with van der Waals surface area (Å²) in [6.07, 6.45) is 0.432. The fourth-order valence-corrected chi connectivity index (χ4v) is 3.90. The Labute approximate surface area is 163 Å². The molecule has 0 saturated heterocycles. The molecule has 8 nitrogen and oxygen atoms in total. The molecule has 0 aliphatic rings. The average Bonchev–Trinajstić information content (AvgIpc) is 3.01. The highest BCUT2D eigenvalue weighted by Crippen LogP contribution is 2.07. The molecule has 1 aromatic carbocycles. The molecular weight excluding hydrogens is 378 g/mol.